The minimum atomic E-state index is 0.0312. The van der Waals surface area contributed by atoms with Gasteiger partial charge >= 0.3 is 0 Å². The number of nitrogens with one attached hydrogen (secondary N) is 2. The first kappa shape index (κ1) is 11.4. The van der Waals surface area contributed by atoms with Crippen LogP contribution in [-0.4, -0.2) is 25.7 Å². The quantitative estimate of drug-likeness (QED) is 0.562. The van der Waals surface area contributed by atoms with E-state index in [1.54, 1.807) is 0 Å². The summed E-state index contributed by atoms with van der Waals surface area (Å²) in [6.45, 7) is 9.19. The van der Waals surface area contributed by atoms with Gasteiger partial charge in [-0.3, -0.25) is 5.32 Å². The van der Waals surface area contributed by atoms with Crippen molar-refractivity contribution >= 4 is 0 Å². The van der Waals surface area contributed by atoms with Crippen molar-refractivity contribution in [2.24, 2.45) is 5.92 Å². The van der Waals surface area contributed by atoms with Crippen LogP contribution in [0.15, 0.2) is 0 Å². The maximum absolute atomic E-state index is 8.34. The number of hydrogen-bond donors (Lipinski definition) is 2. The third kappa shape index (κ3) is 7.52. The van der Waals surface area contributed by atoms with Gasteiger partial charge in [0, 0.05) is 19.6 Å². The SMILES string of the molecule is CC(C)C.N#CC1CNCCN1. The number of nitrogens with zero attached hydrogens (tertiary/aromatic N) is 1. The Morgan fingerprint density at radius 2 is 1.92 bits per heavy atom. The molecule has 1 rings (SSSR count). The summed E-state index contributed by atoms with van der Waals surface area (Å²) in [5, 5.41) is 14.5. The minimum Gasteiger partial charge on any atom is -0.313 e. The van der Waals surface area contributed by atoms with E-state index in [-0.39, 0.29) is 6.04 Å². The van der Waals surface area contributed by atoms with Crippen LogP contribution in [0.1, 0.15) is 20.8 Å². The highest BCUT2D eigenvalue weighted by Crippen LogP contribution is 1.81. The van der Waals surface area contributed by atoms with Crippen molar-refractivity contribution in [1.82, 2.24) is 10.6 Å². The zero-order valence-electron chi connectivity index (χ0n) is 8.22. The first-order chi connectivity index (χ1) is 5.66. The van der Waals surface area contributed by atoms with Gasteiger partial charge in [0.25, 0.3) is 0 Å². The van der Waals surface area contributed by atoms with E-state index in [9.17, 15) is 0 Å². The molecular formula is C9H19N3. The van der Waals surface area contributed by atoms with Crippen molar-refractivity contribution in [3.8, 4) is 6.07 Å². The Kier molecular flexibility index (Phi) is 6.73. The topological polar surface area (TPSA) is 47.9 Å². The molecule has 3 nitrogen and oxygen atoms in total. The molecule has 12 heavy (non-hydrogen) atoms. The summed E-state index contributed by atoms with van der Waals surface area (Å²) in [5.74, 6) is 0.833. The van der Waals surface area contributed by atoms with Crippen LogP contribution in [0.5, 0.6) is 0 Å². The molecule has 0 spiro atoms. The summed E-state index contributed by atoms with van der Waals surface area (Å²) < 4.78 is 0. The average molecular weight is 169 g/mol. The Labute approximate surface area is 75.2 Å². The molecular weight excluding hydrogens is 150 g/mol. The van der Waals surface area contributed by atoms with E-state index in [1.807, 2.05) is 0 Å². The highest BCUT2D eigenvalue weighted by Gasteiger charge is 2.08. The van der Waals surface area contributed by atoms with Crippen LogP contribution in [0.4, 0.5) is 0 Å². The lowest BCUT2D eigenvalue weighted by Gasteiger charge is -2.17. The van der Waals surface area contributed by atoms with Gasteiger partial charge in [-0.1, -0.05) is 20.8 Å². The Balaban J connectivity index is 0.000000261. The van der Waals surface area contributed by atoms with Crippen LogP contribution in [-0.2, 0) is 0 Å². The molecule has 1 heterocycles. The highest BCUT2D eigenvalue weighted by molar-refractivity contribution is 4.93. The lowest BCUT2D eigenvalue weighted by Crippen LogP contribution is -2.47. The normalized spacial score (nSPS) is 22.4. The van der Waals surface area contributed by atoms with Crippen molar-refractivity contribution in [3.05, 3.63) is 0 Å². The van der Waals surface area contributed by atoms with Gasteiger partial charge in [0.1, 0.15) is 6.04 Å². The van der Waals surface area contributed by atoms with E-state index in [1.165, 1.54) is 0 Å². The largest absolute Gasteiger partial charge is 0.313 e. The van der Waals surface area contributed by atoms with Crippen molar-refractivity contribution in [1.29, 1.82) is 5.26 Å². The second-order valence-corrected chi connectivity index (χ2v) is 3.57. The van der Waals surface area contributed by atoms with E-state index >= 15 is 0 Å². The number of hydrogen-bond acceptors (Lipinski definition) is 3. The van der Waals surface area contributed by atoms with Crippen LogP contribution >= 0.6 is 0 Å². The Bertz CT molecular complexity index is 128. The maximum Gasteiger partial charge on any atom is 0.108 e. The van der Waals surface area contributed by atoms with E-state index in [4.69, 9.17) is 5.26 Å². The van der Waals surface area contributed by atoms with Crippen LogP contribution < -0.4 is 10.6 Å². The molecule has 1 aliphatic heterocycles. The van der Waals surface area contributed by atoms with Gasteiger partial charge in [0.2, 0.25) is 0 Å². The zero-order chi connectivity index (χ0) is 9.40. The Hall–Kier alpha value is -0.590. The fraction of sp³-hybridized carbons (Fsp3) is 0.889. The predicted octanol–water partition coefficient (Wildman–Crippen LogP) is 0.734. The molecule has 0 aromatic heterocycles. The molecule has 0 radical (unpaired) electrons. The van der Waals surface area contributed by atoms with Crippen LogP contribution in [0.25, 0.3) is 0 Å². The summed E-state index contributed by atoms with van der Waals surface area (Å²) in [5.41, 5.74) is 0. The van der Waals surface area contributed by atoms with Crippen molar-refractivity contribution < 1.29 is 0 Å². The van der Waals surface area contributed by atoms with E-state index in [2.05, 4.69) is 37.5 Å². The molecule has 2 N–H and O–H groups in total. The summed E-state index contributed by atoms with van der Waals surface area (Å²) >= 11 is 0. The lowest BCUT2D eigenvalue weighted by atomic mass is 10.3. The number of rotatable bonds is 0. The monoisotopic (exact) mass is 169 g/mol. The molecule has 0 amide bonds. The Morgan fingerprint density at radius 3 is 2.17 bits per heavy atom. The van der Waals surface area contributed by atoms with Crippen molar-refractivity contribution in [3.63, 3.8) is 0 Å². The van der Waals surface area contributed by atoms with Gasteiger partial charge < -0.3 is 5.32 Å². The summed E-state index contributed by atoms with van der Waals surface area (Å²) in [6, 6.07) is 2.16. The lowest BCUT2D eigenvalue weighted by molar-refractivity contribution is 0.477. The molecule has 1 aliphatic rings. The zero-order valence-corrected chi connectivity index (χ0v) is 8.22. The van der Waals surface area contributed by atoms with E-state index in [0.717, 1.165) is 25.6 Å². The first-order valence-electron chi connectivity index (χ1n) is 4.50. The molecule has 70 valence electrons. The smallest absolute Gasteiger partial charge is 0.108 e. The van der Waals surface area contributed by atoms with Gasteiger partial charge in [-0.2, -0.15) is 5.26 Å². The van der Waals surface area contributed by atoms with Gasteiger partial charge in [-0.15, -0.1) is 0 Å². The van der Waals surface area contributed by atoms with Crippen LogP contribution in [0, 0.1) is 17.2 Å². The van der Waals surface area contributed by atoms with Crippen molar-refractivity contribution in [2.45, 2.75) is 26.8 Å². The molecule has 0 aliphatic carbocycles. The maximum atomic E-state index is 8.34. The van der Waals surface area contributed by atoms with Gasteiger partial charge in [-0.05, 0) is 5.92 Å². The second kappa shape index (κ2) is 7.08. The molecule has 0 aromatic rings. The first-order valence-corrected chi connectivity index (χ1v) is 4.50. The van der Waals surface area contributed by atoms with E-state index < -0.39 is 0 Å². The third-order valence-electron chi connectivity index (χ3n) is 1.20. The van der Waals surface area contributed by atoms with E-state index in [0.29, 0.717) is 0 Å². The van der Waals surface area contributed by atoms with Crippen molar-refractivity contribution in [2.75, 3.05) is 19.6 Å². The number of nitriles is 1. The molecule has 0 bridgehead atoms. The molecule has 1 unspecified atom stereocenters. The molecule has 1 atom stereocenters. The second-order valence-electron chi connectivity index (χ2n) is 3.57. The van der Waals surface area contributed by atoms with Gasteiger partial charge in [0.15, 0.2) is 0 Å². The van der Waals surface area contributed by atoms with Crippen LogP contribution in [0.3, 0.4) is 0 Å². The Morgan fingerprint density at radius 1 is 1.33 bits per heavy atom. The molecule has 0 aromatic carbocycles. The predicted molar refractivity (Wildman–Crippen MR) is 50.8 cm³/mol. The fourth-order valence-corrected chi connectivity index (χ4v) is 0.745. The highest BCUT2D eigenvalue weighted by atomic mass is 15.0. The fourth-order valence-electron chi connectivity index (χ4n) is 0.745. The summed E-state index contributed by atoms with van der Waals surface area (Å²) in [4.78, 5) is 0. The third-order valence-corrected chi connectivity index (χ3v) is 1.20. The standard InChI is InChI=1S/C5H9N3.C4H10/c6-3-5-4-7-1-2-8-5;1-4(2)3/h5,7-8H,1-2,4H2;4H,1-3H3. The summed E-state index contributed by atoms with van der Waals surface area (Å²) in [7, 11) is 0. The molecule has 0 saturated carbocycles. The molecule has 3 heteroatoms. The van der Waals surface area contributed by atoms with Crippen LogP contribution in [0.2, 0.25) is 0 Å². The summed E-state index contributed by atoms with van der Waals surface area (Å²) in [6.07, 6.45) is 0. The molecule has 1 fully saturated rings. The van der Waals surface area contributed by atoms with Gasteiger partial charge in [-0.25, -0.2) is 0 Å². The molecule has 1 saturated heterocycles. The number of piperazine rings is 1. The average Bonchev–Trinajstić information content (AvgIpc) is 2.05. The van der Waals surface area contributed by atoms with Gasteiger partial charge in [0.05, 0.1) is 6.07 Å². The minimum absolute atomic E-state index is 0.0312.